The van der Waals surface area contributed by atoms with E-state index in [1.165, 1.54) is 0 Å². The number of likely N-dealkylation sites (N-methyl/N-ethyl adjacent to an activating group) is 1. The van der Waals surface area contributed by atoms with Crippen LogP contribution in [0.2, 0.25) is 0 Å². The highest BCUT2D eigenvalue weighted by Crippen LogP contribution is 2.27. The number of carbonyl (C=O) groups excluding carboxylic acids is 2. The minimum atomic E-state index is -0.147. The summed E-state index contributed by atoms with van der Waals surface area (Å²) in [5.74, 6) is -0.282. The molecule has 16 heavy (non-hydrogen) atoms. The molecule has 0 aromatic heterocycles. The highest BCUT2D eigenvalue weighted by atomic mass is 79.9. The average molecular weight is 280 g/mol. The SMILES string of the molecule is CCNC1=C(Br)C(=O)c2ccccc2C1=O. The summed E-state index contributed by atoms with van der Waals surface area (Å²) >= 11 is 3.18. The Morgan fingerprint density at radius 3 is 2.25 bits per heavy atom. The van der Waals surface area contributed by atoms with Gasteiger partial charge in [-0.2, -0.15) is 0 Å². The smallest absolute Gasteiger partial charge is 0.210 e. The van der Waals surface area contributed by atoms with Gasteiger partial charge in [0.05, 0.1) is 4.48 Å². The zero-order valence-electron chi connectivity index (χ0n) is 8.71. The molecule has 0 saturated carbocycles. The van der Waals surface area contributed by atoms with Gasteiger partial charge >= 0.3 is 0 Å². The van der Waals surface area contributed by atoms with Crippen LogP contribution in [0.15, 0.2) is 34.4 Å². The fourth-order valence-electron chi connectivity index (χ4n) is 1.68. The predicted molar refractivity (Wildman–Crippen MR) is 64.7 cm³/mol. The quantitative estimate of drug-likeness (QED) is 0.904. The number of carbonyl (C=O) groups is 2. The maximum atomic E-state index is 12.1. The third-order valence-corrected chi connectivity index (χ3v) is 3.17. The largest absolute Gasteiger partial charge is 0.381 e. The van der Waals surface area contributed by atoms with Crippen LogP contribution in [0.1, 0.15) is 27.6 Å². The summed E-state index contributed by atoms with van der Waals surface area (Å²) in [6.45, 7) is 2.48. The number of hydrogen-bond donors (Lipinski definition) is 1. The second-order valence-corrected chi connectivity index (χ2v) is 4.22. The average Bonchev–Trinajstić information content (AvgIpc) is 2.32. The number of hydrogen-bond acceptors (Lipinski definition) is 3. The van der Waals surface area contributed by atoms with Crippen molar-refractivity contribution in [3.05, 3.63) is 45.6 Å². The summed E-state index contributed by atoms with van der Waals surface area (Å²) in [5, 5.41) is 2.92. The van der Waals surface area contributed by atoms with Gasteiger partial charge in [0.1, 0.15) is 5.70 Å². The Kier molecular flexibility index (Phi) is 2.92. The van der Waals surface area contributed by atoms with Crippen molar-refractivity contribution >= 4 is 27.5 Å². The van der Waals surface area contributed by atoms with Crippen molar-refractivity contribution in [1.82, 2.24) is 5.32 Å². The van der Waals surface area contributed by atoms with E-state index in [0.29, 0.717) is 27.9 Å². The van der Waals surface area contributed by atoms with Gasteiger partial charge in [-0.25, -0.2) is 0 Å². The van der Waals surface area contributed by atoms with Gasteiger partial charge in [-0.15, -0.1) is 0 Å². The first-order chi connectivity index (χ1) is 7.66. The number of nitrogens with one attached hydrogen (secondary N) is 1. The molecule has 0 heterocycles. The van der Waals surface area contributed by atoms with Gasteiger partial charge in [0.25, 0.3) is 0 Å². The predicted octanol–water partition coefficient (Wildman–Crippen LogP) is 2.28. The summed E-state index contributed by atoms with van der Waals surface area (Å²) in [5.41, 5.74) is 1.28. The van der Waals surface area contributed by atoms with E-state index in [-0.39, 0.29) is 11.6 Å². The summed E-state index contributed by atoms with van der Waals surface area (Å²) in [4.78, 5) is 24.0. The Morgan fingerprint density at radius 1 is 1.12 bits per heavy atom. The molecule has 1 aromatic carbocycles. The first-order valence-corrected chi connectivity index (χ1v) is 5.78. The van der Waals surface area contributed by atoms with Crippen molar-refractivity contribution in [2.75, 3.05) is 6.54 Å². The minimum Gasteiger partial charge on any atom is -0.381 e. The molecule has 0 bridgehead atoms. The molecule has 1 aliphatic carbocycles. The van der Waals surface area contributed by atoms with E-state index in [4.69, 9.17) is 0 Å². The van der Waals surface area contributed by atoms with Crippen LogP contribution in [0.5, 0.6) is 0 Å². The minimum absolute atomic E-state index is 0.135. The number of benzene rings is 1. The normalized spacial score (nSPS) is 15.1. The highest BCUT2D eigenvalue weighted by Gasteiger charge is 2.30. The molecule has 1 aliphatic rings. The van der Waals surface area contributed by atoms with Crippen molar-refractivity contribution in [2.45, 2.75) is 6.92 Å². The van der Waals surface area contributed by atoms with Crippen LogP contribution in [-0.2, 0) is 0 Å². The Balaban J connectivity index is 2.58. The lowest BCUT2D eigenvalue weighted by Gasteiger charge is -2.18. The molecule has 2 rings (SSSR count). The van der Waals surface area contributed by atoms with Crippen molar-refractivity contribution in [3.63, 3.8) is 0 Å². The van der Waals surface area contributed by atoms with Crippen molar-refractivity contribution < 1.29 is 9.59 Å². The summed E-state index contributed by atoms with van der Waals surface area (Å²) in [6.07, 6.45) is 0. The van der Waals surface area contributed by atoms with Crippen LogP contribution in [0.3, 0.4) is 0 Å². The molecule has 0 unspecified atom stereocenters. The molecule has 0 radical (unpaired) electrons. The number of halogens is 1. The highest BCUT2D eigenvalue weighted by molar-refractivity contribution is 9.12. The molecule has 1 aromatic rings. The van der Waals surface area contributed by atoms with E-state index in [1.807, 2.05) is 6.92 Å². The first-order valence-electron chi connectivity index (χ1n) is 4.99. The molecule has 82 valence electrons. The monoisotopic (exact) mass is 279 g/mol. The Bertz CT molecular complexity index is 505. The van der Waals surface area contributed by atoms with Gasteiger partial charge < -0.3 is 5.32 Å². The molecule has 3 nitrogen and oxygen atoms in total. The lowest BCUT2D eigenvalue weighted by Crippen LogP contribution is -2.28. The lowest BCUT2D eigenvalue weighted by atomic mass is 9.93. The second kappa shape index (κ2) is 4.22. The molecule has 0 aliphatic heterocycles. The maximum Gasteiger partial charge on any atom is 0.210 e. The third kappa shape index (κ3) is 1.59. The van der Waals surface area contributed by atoms with E-state index >= 15 is 0 Å². The standard InChI is InChI=1S/C12H10BrNO2/c1-2-14-10-9(13)11(15)7-5-3-4-6-8(7)12(10)16/h3-6,14H,2H2,1H3. The summed E-state index contributed by atoms with van der Waals surface area (Å²) < 4.78 is 0.318. The van der Waals surface area contributed by atoms with Crippen molar-refractivity contribution in [3.8, 4) is 0 Å². The number of fused-ring (bicyclic) bond motifs is 1. The van der Waals surface area contributed by atoms with E-state index in [9.17, 15) is 9.59 Å². The summed E-state index contributed by atoms with van der Waals surface area (Å²) in [6, 6.07) is 6.85. The molecule has 0 spiro atoms. The maximum absolute atomic E-state index is 12.1. The molecule has 0 fully saturated rings. The van der Waals surface area contributed by atoms with E-state index in [1.54, 1.807) is 24.3 Å². The Morgan fingerprint density at radius 2 is 1.69 bits per heavy atom. The molecule has 4 heteroatoms. The lowest BCUT2D eigenvalue weighted by molar-refractivity contribution is 0.0976. The van der Waals surface area contributed by atoms with Gasteiger partial charge in [-0.3, -0.25) is 9.59 Å². The molecule has 0 amide bonds. The Hall–Kier alpha value is -1.42. The van der Waals surface area contributed by atoms with Crippen LogP contribution < -0.4 is 5.32 Å². The van der Waals surface area contributed by atoms with Crippen molar-refractivity contribution in [2.24, 2.45) is 0 Å². The van der Waals surface area contributed by atoms with Gasteiger partial charge in [-0.05, 0) is 22.9 Å². The Labute approximate surface area is 102 Å². The zero-order valence-corrected chi connectivity index (χ0v) is 10.3. The van der Waals surface area contributed by atoms with Gasteiger partial charge in [0, 0.05) is 17.7 Å². The zero-order chi connectivity index (χ0) is 11.7. The van der Waals surface area contributed by atoms with Gasteiger partial charge in [-0.1, -0.05) is 24.3 Å². The number of rotatable bonds is 2. The molecule has 1 N–H and O–H groups in total. The number of Topliss-reactive ketones (excluding diaryl/α,β-unsaturated/α-hetero) is 2. The second-order valence-electron chi connectivity index (χ2n) is 3.42. The van der Waals surface area contributed by atoms with Crippen LogP contribution in [-0.4, -0.2) is 18.1 Å². The third-order valence-electron chi connectivity index (χ3n) is 2.42. The first kappa shape index (κ1) is 11.1. The van der Waals surface area contributed by atoms with E-state index in [0.717, 1.165) is 0 Å². The molecular formula is C12H10BrNO2. The fourth-order valence-corrected chi connectivity index (χ4v) is 2.21. The molecule has 0 atom stereocenters. The molecule has 0 saturated heterocycles. The fraction of sp³-hybridized carbons (Fsp3) is 0.167. The van der Waals surface area contributed by atoms with E-state index < -0.39 is 0 Å². The molecular weight excluding hydrogens is 270 g/mol. The van der Waals surface area contributed by atoms with Crippen LogP contribution in [0.4, 0.5) is 0 Å². The topological polar surface area (TPSA) is 46.2 Å². The van der Waals surface area contributed by atoms with Gasteiger partial charge in [0.15, 0.2) is 0 Å². The van der Waals surface area contributed by atoms with Crippen LogP contribution in [0.25, 0.3) is 0 Å². The number of allylic oxidation sites excluding steroid dienone is 2. The number of ketones is 2. The van der Waals surface area contributed by atoms with Gasteiger partial charge in [0.2, 0.25) is 11.6 Å². The summed E-state index contributed by atoms with van der Waals surface area (Å²) in [7, 11) is 0. The van der Waals surface area contributed by atoms with Crippen LogP contribution >= 0.6 is 15.9 Å². The van der Waals surface area contributed by atoms with Crippen LogP contribution in [0, 0.1) is 0 Å². The van der Waals surface area contributed by atoms with E-state index in [2.05, 4.69) is 21.2 Å². The van der Waals surface area contributed by atoms with Crippen molar-refractivity contribution in [1.29, 1.82) is 0 Å².